The number of nitrogens with zero attached hydrogens (tertiary/aromatic N) is 1. The molecule has 0 spiro atoms. The van der Waals surface area contributed by atoms with Crippen LogP contribution in [0.25, 0.3) is 0 Å². The molecule has 2 aliphatic carbocycles. The lowest BCUT2D eigenvalue weighted by Gasteiger charge is -2.37. The lowest BCUT2D eigenvalue weighted by atomic mass is 9.93. The van der Waals surface area contributed by atoms with Gasteiger partial charge in [0.05, 0.1) is 0 Å². The molecule has 15 heavy (non-hydrogen) atoms. The number of carbonyl (C=O) groups excluding carboxylic acids is 1. The van der Waals surface area contributed by atoms with Crippen LogP contribution in [-0.4, -0.2) is 29.4 Å². The average molecular weight is 208 g/mol. The summed E-state index contributed by atoms with van der Waals surface area (Å²) in [6.45, 7) is 0.670. The number of amides is 1. The molecule has 84 valence electrons. The molecule has 3 rings (SSSR count). The van der Waals surface area contributed by atoms with Crippen LogP contribution >= 0.6 is 0 Å². The molecule has 3 nitrogen and oxygen atoms in total. The minimum atomic E-state index is 0.362. The molecular weight excluding hydrogens is 188 g/mol. The van der Waals surface area contributed by atoms with Crippen LogP contribution in [0, 0.1) is 11.8 Å². The van der Waals surface area contributed by atoms with Gasteiger partial charge in [0.25, 0.3) is 0 Å². The van der Waals surface area contributed by atoms with Crippen LogP contribution in [0.5, 0.6) is 0 Å². The van der Waals surface area contributed by atoms with Crippen molar-refractivity contribution in [1.29, 1.82) is 0 Å². The van der Waals surface area contributed by atoms with Gasteiger partial charge in [0.15, 0.2) is 0 Å². The smallest absolute Gasteiger partial charge is 0.226 e. The van der Waals surface area contributed by atoms with Gasteiger partial charge in [-0.15, -0.1) is 0 Å². The van der Waals surface area contributed by atoms with Crippen LogP contribution in [0.4, 0.5) is 0 Å². The Morgan fingerprint density at radius 1 is 1.27 bits per heavy atom. The van der Waals surface area contributed by atoms with Gasteiger partial charge in [-0.1, -0.05) is 19.3 Å². The topological polar surface area (TPSA) is 46.3 Å². The Balaban J connectivity index is 1.75. The number of nitrogens with two attached hydrogens (primary N) is 1. The third-order valence-electron chi connectivity index (χ3n) is 4.47. The number of carbonyl (C=O) groups is 1. The third-order valence-corrected chi connectivity index (χ3v) is 4.47. The Bertz CT molecular complexity index is 273. The summed E-state index contributed by atoms with van der Waals surface area (Å²) in [6, 6.07) is 0.901. The fourth-order valence-corrected chi connectivity index (χ4v) is 3.58. The average Bonchev–Trinajstić information content (AvgIpc) is 3.01. The van der Waals surface area contributed by atoms with Crippen LogP contribution < -0.4 is 5.73 Å². The van der Waals surface area contributed by atoms with Gasteiger partial charge >= 0.3 is 0 Å². The maximum Gasteiger partial charge on any atom is 0.226 e. The number of hydrogen-bond acceptors (Lipinski definition) is 2. The van der Waals surface area contributed by atoms with Crippen molar-refractivity contribution in [3.63, 3.8) is 0 Å². The Labute approximate surface area is 91.0 Å². The van der Waals surface area contributed by atoms with Crippen LogP contribution in [0.3, 0.4) is 0 Å². The van der Waals surface area contributed by atoms with Gasteiger partial charge < -0.3 is 10.6 Å². The Kier molecular flexibility index (Phi) is 2.23. The molecule has 0 radical (unpaired) electrons. The molecule has 1 saturated heterocycles. The standard InChI is InChI=1S/C12H20N2O/c13-7-11-9-6-10(9)12(15)14(11)8-4-2-1-3-5-8/h8-11H,1-7,13H2. The van der Waals surface area contributed by atoms with E-state index in [1.54, 1.807) is 0 Å². The highest BCUT2D eigenvalue weighted by Gasteiger charge is 2.59. The van der Waals surface area contributed by atoms with Crippen molar-refractivity contribution >= 4 is 5.91 Å². The molecule has 1 heterocycles. The van der Waals surface area contributed by atoms with Crippen LogP contribution in [-0.2, 0) is 4.79 Å². The molecule has 1 amide bonds. The number of fused-ring (bicyclic) bond motifs is 1. The summed E-state index contributed by atoms with van der Waals surface area (Å²) in [6.07, 6.45) is 7.47. The summed E-state index contributed by atoms with van der Waals surface area (Å²) in [7, 11) is 0. The van der Waals surface area contributed by atoms with E-state index in [-0.39, 0.29) is 0 Å². The maximum atomic E-state index is 12.1. The van der Waals surface area contributed by atoms with E-state index in [2.05, 4.69) is 4.90 Å². The van der Waals surface area contributed by atoms with E-state index in [4.69, 9.17) is 5.73 Å². The summed E-state index contributed by atoms with van der Waals surface area (Å²) in [4.78, 5) is 14.3. The summed E-state index contributed by atoms with van der Waals surface area (Å²) in [5.41, 5.74) is 5.82. The number of rotatable bonds is 2. The fourth-order valence-electron chi connectivity index (χ4n) is 3.58. The zero-order valence-electron chi connectivity index (χ0n) is 9.19. The van der Waals surface area contributed by atoms with Gasteiger partial charge in [0.2, 0.25) is 5.91 Å². The van der Waals surface area contributed by atoms with E-state index in [0.717, 1.165) is 6.42 Å². The molecule has 2 N–H and O–H groups in total. The normalized spacial score (nSPS) is 40.7. The van der Waals surface area contributed by atoms with Gasteiger partial charge in [-0.2, -0.15) is 0 Å². The molecule has 3 atom stereocenters. The highest BCUT2D eigenvalue weighted by atomic mass is 16.2. The Morgan fingerprint density at radius 2 is 2.00 bits per heavy atom. The SMILES string of the molecule is NCC1C2CC2C(=O)N1C1CCCCC1. The first kappa shape index (κ1) is 9.64. The lowest BCUT2D eigenvalue weighted by molar-refractivity contribution is -0.134. The second-order valence-corrected chi connectivity index (χ2v) is 5.35. The largest absolute Gasteiger partial charge is 0.335 e. The first-order chi connectivity index (χ1) is 7.33. The molecule has 2 saturated carbocycles. The van der Waals surface area contributed by atoms with Crippen molar-refractivity contribution in [1.82, 2.24) is 4.90 Å². The lowest BCUT2D eigenvalue weighted by Crippen LogP contribution is -2.48. The van der Waals surface area contributed by atoms with E-state index in [0.29, 0.717) is 36.4 Å². The molecule has 1 aliphatic heterocycles. The number of piperidine rings is 1. The van der Waals surface area contributed by atoms with Gasteiger partial charge in [0.1, 0.15) is 0 Å². The van der Waals surface area contributed by atoms with E-state index < -0.39 is 0 Å². The summed E-state index contributed by atoms with van der Waals surface area (Å²) < 4.78 is 0. The van der Waals surface area contributed by atoms with Crippen molar-refractivity contribution in [3.05, 3.63) is 0 Å². The van der Waals surface area contributed by atoms with Gasteiger partial charge in [-0.3, -0.25) is 4.79 Å². The van der Waals surface area contributed by atoms with Crippen molar-refractivity contribution in [2.45, 2.75) is 50.6 Å². The quantitative estimate of drug-likeness (QED) is 0.739. The monoisotopic (exact) mass is 208 g/mol. The van der Waals surface area contributed by atoms with Crippen molar-refractivity contribution in [2.75, 3.05) is 6.54 Å². The number of likely N-dealkylation sites (tertiary alicyclic amines) is 1. The summed E-state index contributed by atoms with van der Waals surface area (Å²) >= 11 is 0. The molecule has 3 unspecified atom stereocenters. The second kappa shape index (κ2) is 3.48. The Hall–Kier alpha value is -0.570. The predicted molar refractivity (Wildman–Crippen MR) is 58.2 cm³/mol. The second-order valence-electron chi connectivity index (χ2n) is 5.35. The van der Waals surface area contributed by atoms with Crippen molar-refractivity contribution in [2.24, 2.45) is 17.6 Å². The summed E-state index contributed by atoms with van der Waals surface area (Å²) in [5.74, 6) is 1.40. The first-order valence-corrected chi connectivity index (χ1v) is 6.35. The molecule has 3 fully saturated rings. The predicted octanol–water partition coefficient (Wildman–Crippen LogP) is 1.12. The number of hydrogen-bond donors (Lipinski definition) is 1. The highest BCUT2D eigenvalue weighted by molar-refractivity contribution is 5.85. The van der Waals surface area contributed by atoms with Crippen LogP contribution in [0.15, 0.2) is 0 Å². The molecule has 0 bridgehead atoms. The maximum absolute atomic E-state index is 12.1. The van der Waals surface area contributed by atoms with Crippen molar-refractivity contribution in [3.8, 4) is 0 Å². The molecule has 3 aliphatic rings. The molecule has 0 aromatic carbocycles. The fraction of sp³-hybridized carbons (Fsp3) is 0.917. The minimum absolute atomic E-state index is 0.362. The summed E-state index contributed by atoms with van der Waals surface area (Å²) in [5, 5.41) is 0. The zero-order valence-corrected chi connectivity index (χ0v) is 9.19. The molecule has 0 aromatic heterocycles. The van der Waals surface area contributed by atoms with Crippen LogP contribution in [0.1, 0.15) is 38.5 Å². The molecule has 3 heteroatoms. The van der Waals surface area contributed by atoms with Crippen LogP contribution in [0.2, 0.25) is 0 Å². The minimum Gasteiger partial charge on any atom is -0.335 e. The van der Waals surface area contributed by atoms with Gasteiger partial charge in [-0.05, 0) is 25.2 Å². The Morgan fingerprint density at radius 3 is 2.67 bits per heavy atom. The molecule has 0 aromatic rings. The third kappa shape index (κ3) is 1.40. The van der Waals surface area contributed by atoms with Gasteiger partial charge in [-0.25, -0.2) is 0 Å². The van der Waals surface area contributed by atoms with E-state index in [1.807, 2.05) is 0 Å². The van der Waals surface area contributed by atoms with E-state index >= 15 is 0 Å². The first-order valence-electron chi connectivity index (χ1n) is 6.35. The van der Waals surface area contributed by atoms with Crippen molar-refractivity contribution < 1.29 is 4.79 Å². The van der Waals surface area contributed by atoms with Gasteiger partial charge in [0, 0.05) is 24.5 Å². The molecular formula is C12H20N2O. The van der Waals surface area contributed by atoms with E-state index in [9.17, 15) is 4.79 Å². The zero-order chi connectivity index (χ0) is 10.4. The highest BCUT2D eigenvalue weighted by Crippen LogP contribution is 2.51. The van der Waals surface area contributed by atoms with E-state index in [1.165, 1.54) is 32.1 Å².